The molecule has 0 spiro atoms. The second-order valence-electron chi connectivity index (χ2n) is 7.04. The third kappa shape index (κ3) is 3.67. The van der Waals surface area contributed by atoms with E-state index in [2.05, 4.69) is 31.1 Å². The number of carbonyl (C=O) groups excluding carboxylic acids is 1. The van der Waals surface area contributed by atoms with Crippen LogP contribution in [-0.2, 0) is 4.79 Å². The Morgan fingerprint density at radius 3 is 2.59 bits per heavy atom. The van der Waals surface area contributed by atoms with Crippen molar-refractivity contribution >= 4 is 39.3 Å². The summed E-state index contributed by atoms with van der Waals surface area (Å²) in [6.45, 7) is 1.49. The normalized spacial score (nSPS) is 14.8. The fourth-order valence-electron chi connectivity index (χ4n) is 3.58. The number of anilines is 1. The molecule has 0 saturated carbocycles. The first kappa shape index (κ1) is 20.7. The summed E-state index contributed by atoms with van der Waals surface area (Å²) in [6, 6.07) is 18.9. The molecule has 0 aliphatic carbocycles. The van der Waals surface area contributed by atoms with Gasteiger partial charge in [0.15, 0.2) is 11.5 Å². The average Bonchev–Trinajstić information content (AvgIpc) is 3.24. The fourth-order valence-corrected chi connectivity index (χ4v) is 4.14. The number of nitrogens with zero attached hydrogens (tertiary/aromatic N) is 4. The van der Waals surface area contributed by atoms with Crippen LogP contribution < -0.4 is 9.64 Å². The van der Waals surface area contributed by atoms with Gasteiger partial charge < -0.3 is 9.15 Å². The van der Waals surface area contributed by atoms with Crippen molar-refractivity contribution in [2.45, 2.75) is 18.3 Å². The van der Waals surface area contributed by atoms with Crippen LogP contribution in [0.15, 0.2) is 74.7 Å². The molecule has 2 aromatic heterocycles. The van der Waals surface area contributed by atoms with Gasteiger partial charge in [-0.1, -0.05) is 58.0 Å². The number of furan rings is 1. The van der Waals surface area contributed by atoms with E-state index in [0.717, 1.165) is 10.0 Å². The number of amides is 1. The molecule has 0 fully saturated rings. The summed E-state index contributed by atoms with van der Waals surface area (Å²) in [7, 11) is 0. The molecule has 0 radical (unpaired) electrons. The minimum atomic E-state index is -0.856. The molecule has 0 N–H and O–H groups in total. The van der Waals surface area contributed by atoms with Crippen molar-refractivity contribution in [2.24, 2.45) is 0 Å². The van der Waals surface area contributed by atoms with Crippen LogP contribution in [0.3, 0.4) is 0 Å². The third-order valence-corrected chi connectivity index (χ3v) is 6.10. The summed E-state index contributed by atoms with van der Waals surface area (Å²) < 4.78 is 13.4. The van der Waals surface area contributed by atoms with Gasteiger partial charge in [-0.2, -0.15) is 4.98 Å². The fraction of sp³-hybridized carbons (Fsp3) is 0.130. The molecule has 1 aliphatic rings. The summed E-state index contributed by atoms with van der Waals surface area (Å²) in [4.78, 5) is 18.9. The first-order valence-electron chi connectivity index (χ1n) is 9.75. The highest BCUT2D eigenvalue weighted by Crippen LogP contribution is 2.44. The number of aromatic nitrogens is 3. The first-order chi connectivity index (χ1) is 15.5. The average molecular weight is 509 g/mol. The molecular weight excluding hydrogens is 492 g/mol. The van der Waals surface area contributed by atoms with Gasteiger partial charge in [0.2, 0.25) is 23.2 Å². The molecule has 7 nitrogen and oxygen atoms in total. The van der Waals surface area contributed by atoms with E-state index >= 15 is 0 Å². The molecule has 32 heavy (non-hydrogen) atoms. The lowest BCUT2D eigenvalue weighted by atomic mass is 10.1. The minimum Gasteiger partial charge on any atom is -0.455 e. The molecule has 3 heterocycles. The van der Waals surface area contributed by atoms with Crippen molar-refractivity contribution < 1.29 is 13.9 Å². The Morgan fingerprint density at radius 2 is 1.84 bits per heavy atom. The van der Waals surface area contributed by atoms with Gasteiger partial charge in [-0.05, 0) is 36.6 Å². The molecule has 0 bridgehead atoms. The van der Waals surface area contributed by atoms with E-state index < -0.39 is 6.23 Å². The zero-order valence-electron chi connectivity index (χ0n) is 17.2. The number of ether oxygens (including phenoxy) is 1. The van der Waals surface area contributed by atoms with E-state index in [1.165, 1.54) is 18.7 Å². The van der Waals surface area contributed by atoms with Crippen LogP contribution in [0.1, 0.15) is 18.9 Å². The van der Waals surface area contributed by atoms with Crippen molar-refractivity contribution in [1.82, 2.24) is 15.2 Å². The van der Waals surface area contributed by atoms with Gasteiger partial charge >= 0.3 is 0 Å². The molecule has 1 atom stereocenters. The number of fused-ring (bicyclic) bond motifs is 3. The number of para-hydroxylation sites is 1. The highest BCUT2D eigenvalue weighted by Gasteiger charge is 2.36. The molecule has 9 heteroatoms. The predicted molar refractivity (Wildman–Crippen MR) is 125 cm³/mol. The summed E-state index contributed by atoms with van der Waals surface area (Å²) in [5, 5.41) is 8.98. The monoisotopic (exact) mass is 508 g/mol. The molecule has 0 saturated heterocycles. The zero-order valence-corrected chi connectivity index (χ0v) is 19.6. The SMILES string of the molecule is CSc1nnc2c(n1)OC(c1ccc(-c3ccc(Br)cc3)o1)N(C(C)=O)c1ccccc1-2. The van der Waals surface area contributed by atoms with Crippen molar-refractivity contribution in [3.8, 4) is 28.5 Å². The number of benzene rings is 2. The van der Waals surface area contributed by atoms with Crippen LogP contribution in [0.25, 0.3) is 22.6 Å². The van der Waals surface area contributed by atoms with Crippen LogP contribution >= 0.6 is 27.7 Å². The Hall–Kier alpha value is -3.17. The number of halogens is 1. The van der Waals surface area contributed by atoms with E-state index in [9.17, 15) is 4.79 Å². The summed E-state index contributed by atoms with van der Waals surface area (Å²) in [5.41, 5.74) is 2.76. The number of thioether (sulfide) groups is 1. The predicted octanol–water partition coefficient (Wildman–Crippen LogP) is 5.73. The van der Waals surface area contributed by atoms with Crippen LogP contribution in [-0.4, -0.2) is 27.3 Å². The highest BCUT2D eigenvalue weighted by molar-refractivity contribution is 9.10. The third-order valence-electron chi connectivity index (χ3n) is 5.03. The van der Waals surface area contributed by atoms with Crippen molar-refractivity contribution in [2.75, 3.05) is 11.2 Å². The van der Waals surface area contributed by atoms with Gasteiger partial charge in [0.25, 0.3) is 0 Å². The summed E-state index contributed by atoms with van der Waals surface area (Å²) in [6.07, 6.45) is 1.01. The summed E-state index contributed by atoms with van der Waals surface area (Å²) in [5.74, 6) is 1.25. The minimum absolute atomic E-state index is 0.199. The Balaban J connectivity index is 1.66. The molecule has 5 rings (SSSR count). The molecule has 1 unspecified atom stereocenters. The van der Waals surface area contributed by atoms with Crippen molar-refractivity contribution in [1.29, 1.82) is 0 Å². The summed E-state index contributed by atoms with van der Waals surface area (Å²) >= 11 is 4.81. The van der Waals surface area contributed by atoms with Gasteiger partial charge in [0.05, 0.1) is 5.69 Å². The van der Waals surface area contributed by atoms with Crippen LogP contribution in [0.5, 0.6) is 5.88 Å². The quantitative estimate of drug-likeness (QED) is 0.327. The first-order valence-corrected chi connectivity index (χ1v) is 11.8. The van der Waals surface area contributed by atoms with Gasteiger partial charge in [-0.25, -0.2) is 0 Å². The number of hydrogen-bond donors (Lipinski definition) is 0. The molecule has 4 aromatic rings. The van der Waals surface area contributed by atoms with E-state index in [4.69, 9.17) is 9.15 Å². The molecular formula is C23H17BrN4O3S. The number of rotatable bonds is 3. The van der Waals surface area contributed by atoms with E-state index in [1.54, 1.807) is 4.90 Å². The molecule has 2 aromatic carbocycles. The maximum atomic E-state index is 12.8. The van der Waals surface area contributed by atoms with Crippen LogP contribution in [0.4, 0.5) is 5.69 Å². The van der Waals surface area contributed by atoms with E-state index in [-0.39, 0.29) is 5.91 Å². The lowest BCUT2D eigenvalue weighted by molar-refractivity contribution is -0.118. The molecule has 160 valence electrons. The number of hydrogen-bond acceptors (Lipinski definition) is 7. The van der Waals surface area contributed by atoms with Crippen LogP contribution in [0, 0.1) is 0 Å². The molecule has 1 amide bonds. The highest BCUT2D eigenvalue weighted by atomic mass is 79.9. The maximum Gasteiger partial charge on any atom is 0.247 e. The standard InChI is InChI=1S/C23H17BrN4O3S/c1-13(29)28-17-6-4-3-5-16(17)20-21(25-23(32-2)27-26-20)31-22(28)19-12-11-18(30-19)14-7-9-15(24)10-8-14/h3-12,22H,1-2H3. The Morgan fingerprint density at radius 1 is 1.06 bits per heavy atom. The second-order valence-corrected chi connectivity index (χ2v) is 8.73. The van der Waals surface area contributed by atoms with Crippen molar-refractivity contribution in [3.63, 3.8) is 0 Å². The number of carbonyl (C=O) groups is 1. The Labute approximate surface area is 197 Å². The van der Waals surface area contributed by atoms with Gasteiger partial charge in [0, 0.05) is 22.5 Å². The topological polar surface area (TPSA) is 81.3 Å². The Kier molecular flexibility index (Phi) is 5.44. The second kappa shape index (κ2) is 8.40. The maximum absolute atomic E-state index is 12.8. The smallest absolute Gasteiger partial charge is 0.247 e. The van der Waals surface area contributed by atoms with Gasteiger partial charge in [-0.15, -0.1) is 10.2 Å². The lowest BCUT2D eigenvalue weighted by Gasteiger charge is -2.28. The Bertz CT molecular complexity index is 1310. The van der Waals surface area contributed by atoms with Gasteiger partial charge in [-0.3, -0.25) is 9.69 Å². The van der Waals surface area contributed by atoms with Crippen LogP contribution in [0.2, 0.25) is 0 Å². The van der Waals surface area contributed by atoms with E-state index in [1.807, 2.05) is 66.9 Å². The van der Waals surface area contributed by atoms with E-state index in [0.29, 0.717) is 39.5 Å². The molecule has 1 aliphatic heterocycles. The van der Waals surface area contributed by atoms with Gasteiger partial charge in [0.1, 0.15) is 5.76 Å². The zero-order chi connectivity index (χ0) is 22.2. The lowest BCUT2D eigenvalue weighted by Crippen LogP contribution is -2.35. The van der Waals surface area contributed by atoms with Crippen molar-refractivity contribution in [3.05, 3.63) is 70.9 Å². The largest absolute Gasteiger partial charge is 0.455 e.